The van der Waals surface area contributed by atoms with Crippen LogP contribution in [0.4, 0.5) is 0 Å². The second-order valence-corrected chi connectivity index (χ2v) is 6.54. The summed E-state index contributed by atoms with van der Waals surface area (Å²) < 4.78 is 0. The van der Waals surface area contributed by atoms with Crippen LogP contribution in [0.5, 0.6) is 0 Å². The number of benzene rings is 1. The maximum Gasteiger partial charge on any atom is 0.228 e. The molecule has 1 amide bonds. The van der Waals surface area contributed by atoms with E-state index in [0.717, 1.165) is 12.0 Å². The molecule has 1 aromatic carbocycles. The number of nitrogens with two attached hydrogens (primary N) is 1. The van der Waals surface area contributed by atoms with Gasteiger partial charge in [0.2, 0.25) is 5.91 Å². The highest BCUT2D eigenvalue weighted by molar-refractivity contribution is 5.79. The van der Waals surface area contributed by atoms with E-state index in [9.17, 15) is 4.79 Å². The lowest BCUT2D eigenvalue weighted by atomic mass is 9.84. The summed E-state index contributed by atoms with van der Waals surface area (Å²) >= 11 is 0. The molecule has 0 radical (unpaired) electrons. The Morgan fingerprint density at radius 1 is 1.33 bits per heavy atom. The minimum atomic E-state index is -0.234. The van der Waals surface area contributed by atoms with Gasteiger partial charge in [-0.15, -0.1) is 0 Å². The summed E-state index contributed by atoms with van der Waals surface area (Å²) in [4.78, 5) is 14.2. The van der Waals surface area contributed by atoms with Gasteiger partial charge in [-0.3, -0.25) is 4.79 Å². The average molecular weight is 287 g/mol. The summed E-state index contributed by atoms with van der Waals surface area (Å²) in [6, 6.07) is 11.8. The number of nitriles is 1. The molecule has 0 fully saturated rings. The number of amides is 1. The van der Waals surface area contributed by atoms with Crippen molar-refractivity contribution in [2.75, 3.05) is 13.1 Å². The Hall–Kier alpha value is -1.86. The van der Waals surface area contributed by atoms with Crippen LogP contribution < -0.4 is 5.73 Å². The Kier molecular flexibility index (Phi) is 6.39. The van der Waals surface area contributed by atoms with Crippen LogP contribution in [0.1, 0.15) is 32.8 Å². The van der Waals surface area contributed by atoms with Crippen LogP contribution in [0.25, 0.3) is 0 Å². The molecular formula is C17H25N3O. The molecule has 0 saturated carbocycles. The third-order valence-electron chi connectivity index (χ3n) is 3.28. The highest BCUT2D eigenvalue weighted by Crippen LogP contribution is 2.25. The summed E-state index contributed by atoms with van der Waals surface area (Å²) in [5.41, 5.74) is 6.83. The zero-order valence-electron chi connectivity index (χ0n) is 13.2. The van der Waals surface area contributed by atoms with E-state index in [2.05, 4.69) is 26.8 Å². The molecule has 0 spiro atoms. The number of nitrogens with zero attached hydrogens (tertiary/aromatic N) is 2. The highest BCUT2D eigenvalue weighted by Gasteiger charge is 2.27. The molecule has 2 N–H and O–H groups in total. The van der Waals surface area contributed by atoms with Crippen molar-refractivity contribution >= 4 is 5.91 Å². The first kappa shape index (κ1) is 17.2. The number of carbonyl (C=O) groups is 1. The van der Waals surface area contributed by atoms with Gasteiger partial charge in [0.05, 0.1) is 12.0 Å². The van der Waals surface area contributed by atoms with Gasteiger partial charge in [0.15, 0.2) is 0 Å². The molecule has 1 rings (SSSR count). The number of hydrogen-bond acceptors (Lipinski definition) is 3. The van der Waals surface area contributed by atoms with E-state index < -0.39 is 0 Å². The van der Waals surface area contributed by atoms with Gasteiger partial charge in [-0.1, -0.05) is 51.1 Å². The lowest BCUT2D eigenvalue weighted by Crippen LogP contribution is -2.40. The summed E-state index contributed by atoms with van der Waals surface area (Å²) in [5, 5.41) is 8.98. The fourth-order valence-corrected chi connectivity index (χ4v) is 2.37. The molecule has 1 atom stereocenters. The molecule has 114 valence electrons. The normalized spacial score (nSPS) is 12.5. The molecule has 1 aromatic rings. The first-order valence-corrected chi connectivity index (χ1v) is 7.27. The maximum absolute atomic E-state index is 12.6. The van der Waals surface area contributed by atoms with E-state index in [0.29, 0.717) is 13.1 Å². The average Bonchev–Trinajstić information content (AvgIpc) is 2.44. The minimum Gasteiger partial charge on any atom is -0.330 e. The monoisotopic (exact) mass is 287 g/mol. The molecule has 0 bridgehead atoms. The van der Waals surface area contributed by atoms with E-state index in [-0.39, 0.29) is 23.8 Å². The fourth-order valence-electron chi connectivity index (χ4n) is 2.37. The van der Waals surface area contributed by atoms with Crippen molar-refractivity contribution in [1.29, 1.82) is 5.26 Å². The quantitative estimate of drug-likeness (QED) is 0.817. The van der Waals surface area contributed by atoms with Gasteiger partial charge >= 0.3 is 0 Å². The van der Waals surface area contributed by atoms with Crippen molar-refractivity contribution in [3.8, 4) is 6.07 Å². The van der Waals surface area contributed by atoms with Gasteiger partial charge in [0, 0.05) is 13.1 Å². The van der Waals surface area contributed by atoms with Crippen LogP contribution in [-0.2, 0) is 11.3 Å². The Labute approximate surface area is 127 Å². The zero-order chi connectivity index (χ0) is 15.9. The molecule has 0 aliphatic heterocycles. The van der Waals surface area contributed by atoms with Crippen molar-refractivity contribution in [2.45, 2.75) is 33.7 Å². The topological polar surface area (TPSA) is 70.1 Å². The Morgan fingerprint density at radius 2 is 1.95 bits per heavy atom. The smallest absolute Gasteiger partial charge is 0.228 e. The molecule has 0 aliphatic carbocycles. The Balaban J connectivity index is 2.83. The summed E-state index contributed by atoms with van der Waals surface area (Å²) in [5.74, 6) is -0.264. The number of hydrogen-bond donors (Lipinski definition) is 1. The third kappa shape index (κ3) is 5.97. The molecule has 0 heterocycles. The first-order chi connectivity index (χ1) is 9.87. The van der Waals surface area contributed by atoms with E-state index in [1.54, 1.807) is 4.90 Å². The Bertz CT molecular complexity index is 485. The van der Waals surface area contributed by atoms with Gasteiger partial charge in [0.1, 0.15) is 6.54 Å². The molecular weight excluding hydrogens is 262 g/mol. The standard InChI is InChI=1S/C17H25N3O/c1-17(2,3)11-15(12-19)16(21)20(10-9-18)13-14-7-5-4-6-8-14/h4-8,15H,10-13,19H2,1-3H3. The van der Waals surface area contributed by atoms with Crippen LogP contribution in [0.2, 0.25) is 0 Å². The van der Waals surface area contributed by atoms with Gasteiger partial charge in [-0.25, -0.2) is 0 Å². The van der Waals surface area contributed by atoms with Gasteiger partial charge in [-0.2, -0.15) is 5.26 Å². The van der Waals surface area contributed by atoms with Crippen molar-refractivity contribution in [1.82, 2.24) is 4.90 Å². The molecule has 0 aromatic heterocycles. The van der Waals surface area contributed by atoms with Crippen molar-refractivity contribution in [2.24, 2.45) is 17.1 Å². The number of carbonyl (C=O) groups excluding carboxylic acids is 1. The van der Waals surface area contributed by atoms with E-state index in [1.807, 2.05) is 30.3 Å². The van der Waals surface area contributed by atoms with Crippen LogP contribution in [0.15, 0.2) is 30.3 Å². The predicted molar refractivity (Wildman–Crippen MR) is 84.1 cm³/mol. The molecule has 1 unspecified atom stereocenters. The van der Waals surface area contributed by atoms with Crippen molar-refractivity contribution in [3.05, 3.63) is 35.9 Å². The molecule has 0 saturated heterocycles. The SMILES string of the molecule is CC(C)(C)CC(CN)C(=O)N(CC#N)Cc1ccccc1. The van der Waals surface area contributed by atoms with Crippen LogP contribution in [0.3, 0.4) is 0 Å². The lowest BCUT2D eigenvalue weighted by molar-refractivity contribution is -0.136. The van der Waals surface area contributed by atoms with Gasteiger partial charge in [-0.05, 0) is 17.4 Å². The van der Waals surface area contributed by atoms with Crippen molar-refractivity contribution in [3.63, 3.8) is 0 Å². The van der Waals surface area contributed by atoms with Gasteiger partial charge < -0.3 is 10.6 Å². The molecule has 0 aliphatic rings. The van der Waals surface area contributed by atoms with E-state index >= 15 is 0 Å². The number of rotatable bonds is 6. The molecule has 4 heteroatoms. The Morgan fingerprint density at radius 3 is 2.43 bits per heavy atom. The van der Waals surface area contributed by atoms with Crippen LogP contribution >= 0.6 is 0 Å². The summed E-state index contributed by atoms with van der Waals surface area (Å²) in [7, 11) is 0. The van der Waals surface area contributed by atoms with E-state index in [4.69, 9.17) is 11.0 Å². The molecule has 4 nitrogen and oxygen atoms in total. The highest BCUT2D eigenvalue weighted by atomic mass is 16.2. The van der Waals surface area contributed by atoms with Gasteiger partial charge in [0.25, 0.3) is 0 Å². The second kappa shape index (κ2) is 7.80. The summed E-state index contributed by atoms with van der Waals surface area (Å²) in [6.45, 7) is 7.13. The van der Waals surface area contributed by atoms with Crippen LogP contribution in [0, 0.1) is 22.7 Å². The van der Waals surface area contributed by atoms with Crippen molar-refractivity contribution < 1.29 is 4.79 Å². The lowest BCUT2D eigenvalue weighted by Gasteiger charge is -2.29. The third-order valence-corrected chi connectivity index (χ3v) is 3.28. The second-order valence-electron chi connectivity index (χ2n) is 6.54. The predicted octanol–water partition coefficient (Wildman–Crippen LogP) is 2.55. The fraction of sp³-hybridized carbons (Fsp3) is 0.529. The minimum absolute atomic E-state index is 0.0298. The maximum atomic E-state index is 12.6. The van der Waals surface area contributed by atoms with Crippen LogP contribution in [-0.4, -0.2) is 23.9 Å². The first-order valence-electron chi connectivity index (χ1n) is 7.27. The zero-order valence-corrected chi connectivity index (χ0v) is 13.2. The summed E-state index contributed by atoms with van der Waals surface area (Å²) in [6.07, 6.45) is 0.721. The molecule has 21 heavy (non-hydrogen) atoms. The largest absolute Gasteiger partial charge is 0.330 e. The van der Waals surface area contributed by atoms with E-state index in [1.165, 1.54) is 0 Å².